The molecule has 0 N–H and O–H groups in total. The van der Waals surface area contributed by atoms with Gasteiger partial charge in [-0.05, 0) is 69.2 Å². The number of amides is 1. The van der Waals surface area contributed by atoms with Gasteiger partial charge in [-0.2, -0.15) is 0 Å². The van der Waals surface area contributed by atoms with Crippen LogP contribution in [0.15, 0.2) is 53.5 Å². The number of benzene rings is 2. The third-order valence-electron chi connectivity index (χ3n) is 7.71. The average molecular weight is 517 g/mol. The second-order valence-corrected chi connectivity index (χ2v) is 12.2. The van der Waals surface area contributed by atoms with Crippen LogP contribution in [0.25, 0.3) is 11.1 Å². The van der Waals surface area contributed by atoms with E-state index in [1.165, 1.54) is 32.1 Å². The maximum Gasteiger partial charge on any atom is 0.339 e. The van der Waals surface area contributed by atoms with Crippen LogP contribution in [0.4, 0.5) is 0 Å². The molecule has 4 rings (SSSR count). The van der Waals surface area contributed by atoms with Crippen LogP contribution in [0.3, 0.4) is 0 Å². The minimum atomic E-state index is -0.641. The van der Waals surface area contributed by atoms with E-state index < -0.39 is 11.1 Å². The quantitative estimate of drug-likeness (QED) is 0.318. The van der Waals surface area contributed by atoms with E-state index in [1.807, 2.05) is 69.0 Å². The highest BCUT2D eigenvalue weighted by Gasteiger charge is 2.45. The summed E-state index contributed by atoms with van der Waals surface area (Å²) in [6.45, 7) is 10.4. The van der Waals surface area contributed by atoms with Crippen molar-refractivity contribution in [3.05, 3.63) is 59.7 Å². The van der Waals surface area contributed by atoms with Crippen molar-refractivity contribution in [1.29, 1.82) is 0 Å². The zero-order valence-electron chi connectivity index (χ0n) is 23.9. The molecular weight excluding hydrogens is 472 g/mol. The van der Waals surface area contributed by atoms with Crippen molar-refractivity contribution in [3.63, 3.8) is 0 Å². The Bertz CT molecular complexity index is 1160. The molecule has 0 radical (unpaired) electrons. The van der Waals surface area contributed by atoms with Crippen LogP contribution in [-0.2, 0) is 16.1 Å². The minimum absolute atomic E-state index is 0.147. The summed E-state index contributed by atoms with van der Waals surface area (Å²) in [4.78, 5) is 33.6. The molecular formula is C33H44N2O3. The van der Waals surface area contributed by atoms with Gasteiger partial charge in [-0.25, -0.2) is 4.79 Å². The number of ether oxygens (including phenoxy) is 1. The summed E-state index contributed by atoms with van der Waals surface area (Å²) in [5.41, 5.74) is 2.21. The van der Waals surface area contributed by atoms with Gasteiger partial charge in [0, 0.05) is 6.42 Å². The standard InChI is InChI=1S/C33H44N2O3/c1-6-7-17-29-34-33(5,22-24-13-9-8-10-14-24)31(37)35(29)23-25-18-20-26(21-19-25)27-15-11-12-16-28(27)30(36)38-32(2,3)4/h11-12,15-16,18-21,24H,6-10,13-14,17,22-23H2,1-5H3. The molecule has 1 saturated carbocycles. The number of hydrogen-bond acceptors (Lipinski definition) is 4. The van der Waals surface area contributed by atoms with Gasteiger partial charge in [0.2, 0.25) is 0 Å². The first-order valence-corrected chi connectivity index (χ1v) is 14.4. The molecule has 1 aliphatic carbocycles. The molecule has 2 aromatic rings. The van der Waals surface area contributed by atoms with E-state index in [0.717, 1.165) is 48.2 Å². The maximum absolute atomic E-state index is 13.8. The van der Waals surface area contributed by atoms with E-state index in [2.05, 4.69) is 19.1 Å². The van der Waals surface area contributed by atoms with E-state index >= 15 is 0 Å². The van der Waals surface area contributed by atoms with E-state index in [1.54, 1.807) is 0 Å². The fourth-order valence-corrected chi connectivity index (χ4v) is 5.79. The van der Waals surface area contributed by atoms with Crippen LogP contribution in [0.2, 0.25) is 0 Å². The first-order chi connectivity index (χ1) is 18.1. The summed E-state index contributed by atoms with van der Waals surface area (Å²) in [7, 11) is 0. The first kappa shape index (κ1) is 28.1. The number of amidine groups is 1. The molecule has 0 saturated heterocycles. The van der Waals surface area contributed by atoms with Crippen LogP contribution in [-0.4, -0.2) is 33.8 Å². The monoisotopic (exact) mass is 516 g/mol. The zero-order chi connectivity index (χ0) is 27.3. The predicted molar refractivity (Wildman–Crippen MR) is 154 cm³/mol. The highest BCUT2D eigenvalue weighted by atomic mass is 16.6. The molecule has 1 fully saturated rings. The summed E-state index contributed by atoms with van der Waals surface area (Å²) >= 11 is 0. The molecule has 5 heteroatoms. The summed E-state index contributed by atoms with van der Waals surface area (Å²) in [5.74, 6) is 1.36. The maximum atomic E-state index is 13.8. The van der Waals surface area contributed by atoms with Crippen molar-refractivity contribution in [2.75, 3.05) is 0 Å². The van der Waals surface area contributed by atoms with Gasteiger partial charge < -0.3 is 4.74 Å². The van der Waals surface area contributed by atoms with Gasteiger partial charge in [-0.1, -0.05) is 87.9 Å². The fraction of sp³-hybridized carbons (Fsp3) is 0.545. The Balaban J connectivity index is 1.52. The zero-order valence-corrected chi connectivity index (χ0v) is 23.9. The molecule has 2 aromatic carbocycles. The molecule has 0 bridgehead atoms. The fourth-order valence-electron chi connectivity index (χ4n) is 5.79. The van der Waals surface area contributed by atoms with E-state index in [0.29, 0.717) is 18.0 Å². The Morgan fingerprint density at radius 3 is 2.39 bits per heavy atom. The van der Waals surface area contributed by atoms with Crippen LogP contribution < -0.4 is 0 Å². The number of unbranched alkanes of at least 4 members (excludes halogenated alkanes) is 1. The lowest BCUT2D eigenvalue weighted by molar-refractivity contribution is -0.131. The van der Waals surface area contributed by atoms with E-state index in [4.69, 9.17) is 9.73 Å². The number of aliphatic imine (C=N–C) groups is 1. The van der Waals surface area contributed by atoms with Gasteiger partial charge in [-0.3, -0.25) is 14.7 Å². The van der Waals surface area contributed by atoms with Gasteiger partial charge in [0.15, 0.2) is 0 Å². The minimum Gasteiger partial charge on any atom is -0.456 e. The predicted octanol–water partition coefficient (Wildman–Crippen LogP) is 7.97. The van der Waals surface area contributed by atoms with Crippen LogP contribution >= 0.6 is 0 Å². The van der Waals surface area contributed by atoms with Crippen molar-refractivity contribution in [3.8, 4) is 11.1 Å². The topological polar surface area (TPSA) is 59.0 Å². The normalized spacial score (nSPS) is 20.5. The molecule has 1 unspecified atom stereocenters. The third-order valence-corrected chi connectivity index (χ3v) is 7.71. The van der Waals surface area contributed by atoms with Crippen molar-refractivity contribution in [2.24, 2.45) is 10.9 Å². The van der Waals surface area contributed by atoms with Gasteiger partial charge in [-0.15, -0.1) is 0 Å². The average Bonchev–Trinajstić information content (AvgIpc) is 3.11. The Kier molecular flexibility index (Phi) is 8.74. The molecule has 1 atom stereocenters. The largest absolute Gasteiger partial charge is 0.456 e. The molecule has 38 heavy (non-hydrogen) atoms. The SMILES string of the molecule is CCCCC1=NC(C)(CC2CCCCC2)C(=O)N1Cc1ccc(-c2ccccc2C(=O)OC(C)(C)C)cc1. The van der Waals surface area contributed by atoms with Gasteiger partial charge in [0.25, 0.3) is 5.91 Å². The second-order valence-electron chi connectivity index (χ2n) is 12.2. The number of rotatable bonds is 9. The Morgan fingerprint density at radius 1 is 1.05 bits per heavy atom. The van der Waals surface area contributed by atoms with E-state index in [9.17, 15) is 9.59 Å². The third kappa shape index (κ3) is 6.73. The summed E-state index contributed by atoms with van der Waals surface area (Å²) in [6.07, 6.45) is 10.1. The summed E-state index contributed by atoms with van der Waals surface area (Å²) in [6, 6.07) is 15.7. The summed E-state index contributed by atoms with van der Waals surface area (Å²) < 4.78 is 5.63. The van der Waals surface area contributed by atoms with E-state index in [-0.39, 0.29) is 11.9 Å². The molecule has 5 nitrogen and oxygen atoms in total. The highest BCUT2D eigenvalue weighted by Crippen LogP contribution is 2.37. The molecule has 1 amide bonds. The molecule has 204 valence electrons. The van der Waals surface area contributed by atoms with Crippen molar-refractivity contribution in [2.45, 2.75) is 110 Å². The number of carbonyl (C=O) groups excluding carboxylic acids is 2. The second kappa shape index (κ2) is 11.8. The lowest BCUT2D eigenvalue weighted by atomic mass is 9.80. The molecule has 0 spiro atoms. The number of hydrogen-bond donors (Lipinski definition) is 0. The Morgan fingerprint density at radius 2 is 1.74 bits per heavy atom. The highest BCUT2D eigenvalue weighted by molar-refractivity contribution is 6.08. The lowest BCUT2D eigenvalue weighted by Crippen LogP contribution is -2.41. The molecule has 2 aliphatic rings. The molecule has 1 heterocycles. The molecule has 0 aromatic heterocycles. The molecule has 1 aliphatic heterocycles. The van der Waals surface area contributed by atoms with Crippen molar-refractivity contribution < 1.29 is 14.3 Å². The number of carbonyl (C=O) groups is 2. The Hall–Kier alpha value is -2.95. The van der Waals surface area contributed by atoms with Gasteiger partial charge in [0.05, 0.1) is 12.1 Å². The van der Waals surface area contributed by atoms with Gasteiger partial charge in [0.1, 0.15) is 17.0 Å². The van der Waals surface area contributed by atoms with Crippen LogP contribution in [0, 0.1) is 5.92 Å². The van der Waals surface area contributed by atoms with Crippen molar-refractivity contribution in [1.82, 2.24) is 4.90 Å². The van der Waals surface area contributed by atoms with Crippen molar-refractivity contribution >= 4 is 17.7 Å². The van der Waals surface area contributed by atoms with Crippen LogP contribution in [0.5, 0.6) is 0 Å². The smallest absolute Gasteiger partial charge is 0.339 e. The van der Waals surface area contributed by atoms with Crippen LogP contribution in [0.1, 0.15) is 108 Å². The lowest BCUT2D eigenvalue weighted by Gasteiger charge is -2.29. The number of nitrogens with zero attached hydrogens (tertiary/aromatic N) is 2. The first-order valence-electron chi connectivity index (χ1n) is 14.4. The van der Waals surface area contributed by atoms with Gasteiger partial charge >= 0.3 is 5.97 Å². The Labute approximate surface area is 228 Å². The summed E-state index contributed by atoms with van der Waals surface area (Å²) in [5, 5.41) is 0. The number of esters is 1.